The number of carboxylic acid groups (broad SMARTS) is 1. The molecule has 0 radical (unpaired) electrons. The maximum atomic E-state index is 10.8. The van der Waals surface area contributed by atoms with Crippen LogP contribution in [0.4, 0.5) is 11.5 Å². The van der Waals surface area contributed by atoms with Crippen molar-refractivity contribution in [1.82, 2.24) is 9.97 Å². The molecule has 0 saturated heterocycles. The standard InChI is InChI=1S/C26H23N3O3/c1-18-10-12-23(26(28-18)20-7-3-2-4-8-20)32-22-14-15-27-24(17-22)29-21-9-5-6-19(16-21)11-13-25(30)31/h2-10,12,14-17H,11,13H2,1H3,(H,27,29)(H,30,31). The lowest BCUT2D eigenvalue weighted by molar-refractivity contribution is -0.136. The van der Waals surface area contributed by atoms with Gasteiger partial charge >= 0.3 is 5.97 Å². The summed E-state index contributed by atoms with van der Waals surface area (Å²) in [6.45, 7) is 1.95. The topological polar surface area (TPSA) is 84.3 Å². The van der Waals surface area contributed by atoms with Gasteiger partial charge in [-0.2, -0.15) is 0 Å². The van der Waals surface area contributed by atoms with Gasteiger partial charge in [0.25, 0.3) is 0 Å². The number of aliphatic carboxylic acids is 1. The molecular weight excluding hydrogens is 402 g/mol. The Balaban J connectivity index is 1.54. The van der Waals surface area contributed by atoms with E-state index in [4.69, 9.17) is 9.84 Å². The molecule has 6 heteroatoms. The number of aryl methyl sites for hydroxylation is 2. The van der Waals surface area contributed by atoms with Gasteiger partial charge < -0.3 is 15.2 Å². The molecule has 0 fully saturated rings. The van der Waals surface area contributed by atoms with Crippen molar-refractivity contribution in [2.75, 3.05) is 5.32 Å². The first kappa shape index (κ1) is 21.1. The molecule has 0 aliphatic rings. The third kappa shape index (κ3) is 5.49. The second-order valence-corrected chi connectivity index (χ2v) is 7.36. The van der Waals surface area contributed by atoms with Crippen molar-refractivity contribution in [1.29, 1.82) is 0 Å². The van der Waals surface area contributed by atoms with E-state index >= 15 is 0 Å². The normalized spacial score (nSPS) is 10.5. The summed E-state index contributed by atoms with van der Waals surface area (Å²) in [5, 5.41) is 12.2. The second-order valence-electron chi connectivity index (χ2n) is 7.36. The number of carbonyl (C=O) groups is 1. The van der Waals surface area contributed by atoms with E-state index in [2.05, 4.69) is 15.3 Å². The fraction of sp³-hybridized carbons (Fsp3) is 0.115. The minimum Gasteiger partial charge on any atom is -0.481 e. The van der Waals surface area contributed by atoms with Crippen molar-refractivity contribution in [2.24, 2.45) is 0 Å². The quantitative estimate of drug-likeness (QED) is 0.360. The van der Waals surface area contributed by atoms with Gasteiger partial charge in [0.05, 0.1) is 0 Å². The first-order valence-corrected chi connectivity index (χ1v) is 10.3. The number of aromatic nitrogens is 2. The van der Waals surface area contributed by atoms with E-state index in [1.807, 2.05) is 79.7 Å². The maximum absolute atomic E-state index is 10.8. The van der Waals surface area contributed by atoms with Gasteiger partial charge in [0.15, 0.2) is 5.75 Å². The highest BCUT2D eigenvalue weighted by Crippen LogP contribution is 2.32. The summed E-state index contributed by atoms with van der Waals surface area (Å²) in [7, 11) is 0. The summed E-state index contributed by atoms with van der Waals surface area (Å²) in [6.07, 6.45) is 2.25. The van der Waals surface area contributed by atoms with Crippen LogP contribution in [0.5, 0.6) is 11.5 Å². The molecule has 0 unspecified atom stereocenters. The van der Waals surface area contributed by atoms with Crippen LogP contribution in [0.25, 0.3) is 11.3 Å². The molecule has 2 aromatic carbocycles. The third-order valence-corrected chi connectivity index (χ3v) is 4.83. The molecule has 4 aromatic rings. The second kappa shape index (κ2) is 9.75. The first-order valence-electron chi connectivity index (χ1n) is 10.3. The zero-order valence-corrected chi connectivity index (χ0v) is 17.7. The van der Waals surface area contributed by atoms with Crippen LogP contribution in [0.2, 0.25) is 0 Å². The van der Waals surface area contributed by atoms with Gasteiger partial charge in [-0.3, -0.25) is 4.79 Å². The van der Waals surface area contributed by atoms with Crippen LogP contribution in [-0.2, 0) is 11.2 Å². The Hall–Kier alpha value is -4.19. The molecule has 6 nitrogen and oxygen atoms in total. The van der Waals surface area contributed by atoms with Crippen LogP contribution in [0.1, 0.15) is 17.7 Å². The molecule has 0 atom stereocenters. The minimum absolute atomic E-state index is 0.0966. The van der Waals surface area contributed by atoms with Gasteiger partial charge in [-0.15, -0.1) is 0 Å². The van der Waals surface area contributed by atoms with Gasteiger partial charge in [-0.05, 0) is 49.2 Å². The van der Waals surface area contributed by atoms with Gasteiger partial charge in [0, 0.05) is 35.6 Å². The summed E-state index contributed by atoms with van der Waals surface area (Å²) < 4.78 is 6.18. The largest absolute Gasteiger partial charge is 0.481 e. The average molecular weight is 425 g/mol. The van der Waals surface area contributed by atoms with Crippen LogP contribution in [0.3, 0.4) is 0 Å². The molecule has 0 aliphatic carbocycles. The Bertz CT molecular complexity index is 1230. The molecule has 2 aromatic heterocycles. The zero-order valence-electron chi connectivity index (χ0n) is 17.7. The lowest BCUT2D eigenvalue weighted by Gasteiger charge is -2.13. The van der Waals surface area contributed by atoms with Crippen LogP contribution in [-0.4, -0.2) is 21.0 Å². The highest BCUT2D eigenvalue weighted by atomic mass is 16.5. The number of nitrogens with zero attached hydrogens (tertiary/aromatic N) is 2. The summed E-state index contributed by atoms with van der Waals surface area (Å²) in [5.74, 6) is 1.11. The van der Waals surface area contributed by atoms with E-state index in [0.717, 1.165) is 28.2 Å². The van der Waals surface area contributed by atoms with Gasteiger partial charge in [0.2, 0.25) is 0 Å². The van der Waals surface area contributed by atoms with Crippen molar-refractivity contribution in [2.45, 2.75) is 19.8 Å². The van der Waals surface area contributed by atoms with E-state index in [9.17, 15) is 4.79 Å². The lowest BCUT2D eigenvalue weighted by atomic mass is 10.1. The Labute approximate surface area is 186 Å². The predicted molar refractivity (Wildman–Crippen MR) is 124 cm³/mol. The van der Waals surface area contributed by atoms with Crippen molar-refractivity contribution >= 4 is 17.5 Å². The van der Waals surface area contributed by atoms with E-state index in [1.54, 1.807) is 12.3 Å². The number of carboxylic acids is 1. The van der Waals surface area contributed by atoms with Gasteiger partial charge in [-0.1, -0.05) is 42.5 Å². The molecule has 0 aliphatic heterocycles. The number of hydrogen-bond donors (Lipinski definition) is 2. The molecule has 0 saturated carbocycles. The summed E-state index contributed by atoms with van der Waals surface area (Å²) in [5.41, 5.74) is 4.46. The Morgan fingerprint density at radius 1 is 1.00 bits per heavy atom. The van der Waals surface area contributed by atoms with E-state index in [1.165, 1.54) is 0 Å². The fourth-order valence-electron chi connectivity index (χ4n) is 3.30. The van der Waals surface area contributed by atoms with Crippen LogP contribution in [0, 0.1) is 6.92 Å². The summed E-state index contributed by atoms with van der Waals surface area (Å²) >= 11 is 0. The molecule has 0 amide bonds. The Morgan fingerprint density at radius 3 is 2.66 bits per heavy atom. The number of nitrogens with one attached hydrogen (secondary N) is 1. The van der Waals surface area contributed by atoms with Gasteiger partial charge in [0.1, 0.15) is 17.3 Å². The Morgan fingerprint density at radius 2 is 1.84 bits per heavy atom. The number of rotatable bonds is 8. The van der Waals surface area contributed by atoms with Crippen LogP contribution >= 0.6 is 0 Å². The van der Waals surface area contributed by atoms with Crippen LogP contribution in [0.15, 0.2) is 85.1 Å². The lowest BCUT2D eigenvalue weighted by Crippen LogP contribution is -1.99. The highest BCUT2D eigenvalue weighted by molar-refractivity contribution is 5.68. The Kier molecular flexibility index (Phi) is 6.41. The SMILES string of the molecule is Cc1ccc(Oc2ccnc(Nc3cccc(CCC(=O)O)c3)c2)c(-c2ccccc2)n1. The van der Waals surface area contributed by atoms with Crippen molar-refractivity contribution in [3.8, 4) is 22.8 Å². The molecular formula is C26H23N3O3. The molecule has 2 N–H and O–H groups in total. The maximum Gasteiger partial charge on any atom is 0.303 e. The number of ether oxygens (including phenoxy) is 1. The fourth-order valence-corrected chi connectivity index (χ4v) is 3.30. The van der Waals surface area contributed by atoms with Crippen molar-refractivity contribution in [3.63, 3.8) is 0 Å². The first-order chi connectivity index (χ1) is 15.6. The molecule has 160 valence electrons. The number of benzene rings is 2. The minimum atomic E-state index is -0.810. The van der Waals surface area contributed by atoms with Crippen molar-refractivity contribution in [3.05, 3.63) is 96.3 Å². The van der Waals surface area contributed by atoms with Crippen molar-refractivity contribution < 1.29 is 14.6 Å². The summed E-state index contributed by atoms with van der Waals surface area (Å²) in [4.78, 5) is 19.9. The monoisotopic (exact) mass is 425 g/mol. The van der Waals surface area contributed by atoms with E-state index in [0.29, 0.717) is 23.7 Å². The number of anilines is 2. The molecule has 0 spiro atoms. The third-order valence-electron chi connectivity index (χ3n) is 4.83. The molecule has 4 rings (SSSR count). The van der Waals surface area contributed by atoms with E-state index in [-0.39, 0.29) is 6.42 Å². The average Bonchev–Trinajstić information content (AvgIpc) is 2.80. The number of hydrogen-bond acceptors (Lipinski definition) is 5. The predicted octanol–water partition coefficient (Wildman–Crippen LogP) is 6.01. The van der Waals surface area contributed by atoms with Gasteiger partial charge in [-0.25, -0.2) is 9.97 Å². The number of pyridine rings is 2. The van der Waals surface area contributed by atoms with Crippen LogP contribution < -0.4 is 10.1 Å². The van der Waals surface area contributed by atoms with E-state index < -0.39 is 5.97 Å². The molecule has 2 heterocycles. The summed E-state index contributed by atoms with van der Waals surface area (Å²) in [6, 6.07) is 25.0. The molecule has 32 heavy (non-hydrogen) atoms. The highest BCUT2D eigenvalue weighted by Gasteiger charge is 2.10. The molecule has 0 bridgehead atoms. The smallest absolute Gasteiger partial charge is 0.303 e. The zero-order chi connectivity index (χ0) is 22.3.